The lowest BCUT2D eigenvalue weighted by Gasteiger charge is -2.09. The molecule has 0 unspecified atom stereocenters. The van der Waals surface area contributed by atoms with Crippen LogP contribution in [0.15, 0.2) is 29.8 Å². The van der Waals surface area contributed by atoms with Crippen LogP contribution in [-0.2, 0) is 9.59 Å². The summed E-state index contributed by atoms with van der Waals surface area (Å²) in [6.45, 7) is 2.02. The summed E-state index contributed by atoms with van der Waals surface area (Å²) in [6, 6.07) is 7.14. The Morgan fingerprint density at radius 3 is 2.35 bits per heavy atom. The molecule has 0 heterocycles. The first kappa shape index (κ1) is 19.0. The van der Waals surface area contributed by atoms with E-state index in [2.05, 4.69) is 0 Å². The van der Waals surface area contributed by atoms with Gasteiger partial charge in [-0.2, -0.15) is 0 Å². The van der Waals surface area contributed by atoms with Gasteiger partial charge >= 0.3 is 0 Å². The molecule has 110 valence electrons. The van der Waals surface area contributed by atoms with E-state index < -0.39 is 0 Å². The molecule has 20 heavy (non-hydrogen) atoms. The van der Waals surface area contributed by atoms with Crippen molar-refractivity contribution in [2.24, 2.45) is 0 Å². The molecule has 3 nitrogen and oxygen atoms in total. The monoisotopic (exact) mass is 359 g/mol. The fraction of sp³-hybridized carbons (Fsp3) is 0.333. The molecule has 0 saturated carbocycles. The molecule has 0 aromatic heterocycles. The van der Waals surface area contributed by atoms with Crippen molar-refractivity contribution in [3.8, 4) is 0 Å². The summed E-state index contributed by atoms with van der Waals surface area (Å²) < 4.78 is 0. The Balaban J connectivity index is 0.00000361. The summed E-state index contributed by atoms with van der Waals surface area (Å²) in [5.41, 5.74) is 0.891. The van der Waals surface area contributed by atoms with Gasteiger partial charge < -0.3 is 4.90 Å². The van der Waals surface area contributed by atoms with Crippen molar-refractivity contribution >= 4 is 46.2 Å². The lowest BCUT2D eigenvalue weighted by molar-refractivity contribution is -0.120. The van der Waals surface area contributed by atoms with Crippen molar-refractivity contribution in [1.29, 1.82) is 0 Å². The minimum absolute atomic E-state index is 0. The molecular formula is C15H19BrClNO2. The van der Waals surface area contributed by atoms with Crippen LogP contribution in [-0.4, -0.2) is 37.1 Å². The summed E-state index contributed by atoms with van der Waals surface area (Å²) in [5.74, 6) is -0.384. The molecule has 0 atom stereocenters. The maximum atomic E-state index is 12.0. The molecule has 0 aliphatic carbocycles. The van der Waals surface area contributed by atoms with Crippen molar-refractivity contribution in [3.05, 3.63) is 40.4 Å². The first-order valence-corrected chi connectivity index (χ1v) is 6.44. The van der Waals surface area contributed by atoms with Crippen LogP contribution >= 0.6 is 28.6 Å². The smallest absolute Gasteiger partial charge is 0.167 e. The fourth-order valence-corrected chi connectivity index (χ4v) is 1.78. The Bertz CT molecular complexity index is 512. The van der Waals surface area contributed by atoms with Crippen LogP contribution in [0.25, 0.3) is 6.08 Å². The summed E-state index contributed by atoms with van der Waals surface area (Å²) in [5, 5.41) is 0.529. The molecule has 0 amide bonds. The first-order valence-electron chi connectivity index (χ1n) is 6.07. The van der Waals surface area contributed by atoms with Gasteiger partial charge in [-0.15, -0.1) is 17.0 Å². The number of rotatable bonds is 6. The van der Waals surface area contributed by atoms with E-state index in [1.165, 1.54) is 6.92 Å². The number of carbonyl (C=O) groups is 2. The predicted octanol–water partition coefficient (Wildman–Crippen LogP) is 3.41. The van der Waals surface area contributed by atoms with Crippen LogP contribution in [0.1, 0.15) is 18.9 Å². The standard InChI is InChI=1S/C15H18ClNO2.BrH/c1-11(18)13(15(19)8-9-17(2)3)10-12-6-4-5-7-14(12)16;/h4-7,10H,8-9H2,1-3H3;1H/b13-10+;. The van der Waals surface area contributed by atoms with Gasteiger partial charge in [0.15, 0.2) is 11.6 Å². The summed E-state index contributed by atoms with van der Waals surface area (Å²) in [7, 11) is 3.77. The number of hydrogen-bond acceptors (Lipinski definition) is 3. The van der Waals surface area contributed by atoms with Gasteiger partial charge in [-0.25, -0.2) is 0 Å². The molecule has 0 spiro atoms. The van der Waals surface area contributed by atoms with Crippen molar-refractivity contribution in [2.45, 2.75) is 13.3 Å². The molecule has 0 radical (unpaired) electrons. The van der Waals surface area contributed by atoms with Gasteiger partial charge in [0, 0.05) is 18.0 Å². The van der Waals surface area contributed by atoms with E-state index >= 15 is 0 Å². The Morgan fingerprint density at radius 2 is 1.85 bits per heavy atom. The second-order valence-electron chi connectivity index (χ2n) is 4.61. The van der Waals surface area contributed by atoms with E-state index in [4.69, 9.17) is 11.6 Å². The van der Waals surface area contributed by atoms with Gasteiger partial charge in [0.05, 0.1) is 5.57 Å². The number of ketones is 2. The molecule has 1 rings (SSSR count). The average molecular weight is 361 g/mol. The molecule has 0 aliphatic heterocycles. The third-order valence-electron chi connectivity index (χ3n) is 2.67. The molecule has 1 aromatic carbocycles. The maximum absolute atomic E-state index is 12.0. The van der Waals surface area contributed by atoms with Gasteiger partial charge in [0.2, 0.25) is 0 Å². The lowest BCUT2D eigenvalue weighted by Crippen LogP contribution is -2.19. The maximum Gasteiger partial charge on any atom is 0.167 e. The molecular weight excluding hydrogens is 342 g/mol. The Morgan fingerprint density at radius 1 is 1.25 bits per heavy atom. The number of benzene rings is 1. The summed E-state index contributed by atoms with van der Waals surface area (Å²) >= 11 is 6.03. The topological polar surface area (TPSA) is 37.4 Å². The predicted molar refractivity (Wildman–Crippen MR) is 88.6 cm³/mol. The Hall–Kier alpha value is -0.970. The van der Waals surface area contributed by atoms with E-state index in [1.54, 1.807) is 24.3 Å². The average Bonchev–Trinajstić information content (AvgIpc) is 2.34. The minimum Gasteiger partial charge on any atom is -0.309 e. The minimum atomic E-state index is -0.233. The largest absolute Gasteiger partial charge is 0.309 e. The molecule has 0 fully saturated rings. The normalized spacial score (nSPS) is 11.2. The number of halogens is 2. The number of allylic oxidation sites excluding steroid dienone is 1. The van der Waals surface area contributed by atoms with E-state index in [0.29, 0.717) is 23.6 Å². The quantitative estimate of drug-likeness (QED) is 0.443. The van der Waals surface area contributed by atoms with Crippen LogP contribution in [0, 0.1) is 0 Å². The number of carbonyl (C=O) groups excluding carboxylic acids is 2. The van der Waals surface area contributed by atoms with E-state index in [-0.39, 0.29) is 34.1 Å². The number of Topliss-reactive ketones (excluding diaryl/α,β-unsaturated/α-hetero) is 2. The Kier molecular flexibility index (Phi) is 8.62. The molecule has 0 bridgehead atoms. The third-order valence-corrected chi connectivity index (χ3v) is 3.02. The zero-order valence-electron chi connectivity index (χ0n) is 11.9. The van der Waals surface area contributed by atoms with Gasteiger partial charge in [-0.3, -0.25) is 9.59 Å². The van der Waals surface area contributed by atoms with Crippen molar-refractivity contribution in [2.75, 3.05) is 20.6 Å². The molecule has 5 heteroatoms. The highest BCUT2D eigenvalue weighted by atomic mass is 79.9. The molecule has 0 aliphatic rings. The second kappa shape index (κ2) is 9.06. The first-order chi connectivity index (χ1) is 8.91. The van der Waals surface area contributed by atoms with E-state index in [0.717, 1.165) is 0 Å². The van der Waals surface area contributed by atoms with Crippen LogP contribution < -0.4 is 0 Å². The SMILES string of the molecule is Br.CC(=O)/C(=C\c1ccccc1Cl)C(=O)CCN(C)C. The number of hydrogen-bond donors (Lipinski definition) is 0. The van der Waals surface area contributed by atoms with E-state index in [1.807, 2.05) is 25.1 Å². The zero-order valence-corrected chi connectivity index (χ0v) is 14.3. The molecule has 1 aromatic rings. The summed E-state index contributed by atoms with van der Waals surface area (Å²) in [4.78, 5) is 25.6. The van der Waals surface area contributed by atoms with Gasteiger partial charge in [0.1, 0.15) is 0 Å². The third kappa shape index (κ3) is 5.99. The zero-order chi connectivity index (χ0) is 14.4. The molecule has 0 saturated heterocycles. The van der Waals surface area contributed by atoms with E-state index in [9.17, 15) is 9.59 Å². The Labute approximate surface area is 135 Å². The lowest BCUT2D eigenvalue weighted by atomic mass is 10.0. The van der Waals surface area contributed by atoms with Gasteiger partial charge in [-0.05, 0) is 38.7 Å². The van der Waals surface area contributed by atoms with Crippen LogP contribution in [0.2, 0.25) is 5.02 Å². The highest BCUT2D eigenvalue weighted by Crippen LogP contribution is 2.19. The van der Waals surface area contributed by atoms with Crippen LogP contribution in [0.5, 0.6) is 0 Å². The number of nitrogens with zero attached hydrogens (tertiary/aromatic N) is 1. The van der Waals surface area contributed by atoms with Gasteiger partial charge in [-0.1, -0.05) is 29.8 Å². The highest BCUT2D eigenvalue weighted by molar-refractivity contribution is 8.93. The van der Waals surface area contributed by atoms with Crippen LogP contribution in [0.4, 0.5) is 0 Å². The van der Waals surface area contributed by atoms with Gasteiger partial charge in [0.25, 0.3) is 0 Å². The van der Waals surface area contributed by atoms with Crippen molar-refractivity contribution < 1.29 is 9.59 Å². The van der Waals surface area contributed by atoms with Crippen molar-refractivity contribution in [3.63, 3.8) is 0 Å². The molecule has 0 N–H and O–H groups in total. The van der Waals surface area contributed by atoms with Crippen molar-refractivity contribution in [1.82, 2.24) is 4.90 Å². The van der Waals surface area contributed by atoms with Crippen LogP contribution in [0.3, 0.4) is 0 Å². The fourth-order valence-electron chi connectivity index (χ4n) is 1.59. The summed E-state index contributed by atoms with van der Waals surface area (Å²) in [6.07, 6.45) is 1.89. The highest BCUT2D eigenvalue weighted by Gasteiger charge is 2.15. The second-order valence-corrected chi connectivity index (χ2v) is 5.02.